The number of hydrogen-bond acceptors (Lipinski definition) is 2. The van der Waals surface area contributed by atoms with Crippen LogP contribution < -0.4 is 10.6 Å². The van der Waals surface area contributed by atoms with Crippen molar-refractivity contribution in [2.45, 2.75) is 57.0 Å². The highest BCUT2D eigenvalue weighted by atomic mass is 16.2. The minimum atomic E-state index is -0.0198. The van der Waals surface area contributed by atoms with E-state index in [2.05, 4.69) is 34.9 Å². The van der Waals surface area contributed by atoms with Gasteiger partial charge in [-0.3, -0.25) is 10.1 Å². The quantitative estimate of drug-likeness (QED) is 0.813. The summed E-state index contributed by atoms with van der Waals surface area (Å²) in [6, 6.07) is 9.03. The van der Waals surface area contributed by atoms with Crippen molar-refractivity contribution in [1.82, 2.24) is 10.6 Å². The van der Waals surface area contributed by atoms with Gasteiger partial charge in [-0.1, -0.05) is 30.7 Å². The van der Waals surface area contributed by atoms with Crippen molar-refractivity contribution >= 4 is 5.91 Å². The van der Waals surface area contributed by atoms with E-state index in [-0.39, 0.29) is 11.9 Å². The second kappa shape index (κ2) is 6.40. The van der Waals surface area contributed by atoms with Crippen LogP contribution in [0.25, 0.3) is 0 Å². The fraction of sp³-hybridized carbons (Fsp3) is 0.588. The standard InChI is InChI=1S/C17H24N2O/c20-17-16(11-5-6-12-18-17)19-15-10-4-2-8-13-7-1-3-9-14(13)15/h1,3,7,9,15-16,19H,2,4-6,8,10-12H2,(H,18,20). The fourth-order valence-electron chi connectivity index (χ4n) is 3.44. The van der Waals surface area contributed by atoms with Crippen LogP contribution in [0, 0.1) is 0 Å². The highest BCUT2D eigenvalue weighted by Gasteiger charge is 2.26. The van der Waals surface area contributed by atoms with Crippen LogP contribution in [-0.4, -0.2) is 18.5 Å². The molecule has 108 valence electrons. The zero-order chi connectivity index (χ0) is 13.8. The third-order valence-electron chi connectivity index (χ3n) is 4.56. The number of carbonyl (C=O) groups excluding carboxylic acids is 1. The van der Waals surface area contributed by atoms with Crippen LogP contribution in [0.15, 0.2) is 24.3 Å². The zero-order valence-electron chi connectivity index (χ0n) is 12.0. The zero-order valence-corrected chi connectivity index (χ0v) is 12.0. The van der Waals surface area contributed by atoms with Crippen molar-refractivity contribution in [2.75, 3.05) is 6.54 Å². The lowest BCUT2D eigenvalue weighted by atomic mass is 9.97. The van der Waals surface area contributed by atoms with Gasteiger partial charge < -0.3 is 5.32 Å². The van der Waals surface area contributed by atoms with Crippen molar-refractivity contribution in [1.29, 1.82) is 0 Å². The van der Waals surface area contributed by atoms with Crippen LogP contribution in [0.3, 0.4) is 0 Å². The summed E-state index contributed by atoms with van der Waals surface area (Å²) in [5, 5.41) is 6.65. The number of aryl methyl sites for hydroxylation is 1. The van der Waals surface area contributed by atoms with Gasteiger partial charge in [-0.2, -0.15) is 0 Å². The number of benzene rings is 1. The smallest absolute Gasteiger partial charge is 0.237 e. The Kier molecular flexibility index (Phi) is 4.36. The molecule has 3 nitrogen and oxygen atoms in total. The van der Waals surface area contributed by atoms with E-state index >= 15 is 0 Å². The van der Waals surface area contributed by atoms with Gasteiger partial charge in [-0.25, -0.2) is 0 Å². The molecule has 1 amide bonds. The van der Waals surface area contributed by atoms with Crippen molar-refractivity contribution in [3.63, 3.8) is 0 Å². The molecule has 1 aliphatic carbocycles. The number of rotatable bonds is 2. The fourth-order valence-corrected chi connectivity index (χ4v) is 3.44. The van der Waals surface area contributed by atoms with Crippen molar-refractivity contribution in [3.8, 4) is 0 Å². The molecule has 0 radical (unpaired) electrons. The molecule has 2 aliphatic rings. The van der Waals surface area contributed by atoms with Crippen molar-refractivity contribution < 1.29 is 4.79 Å². The summed E-state index contributed by atoms with van der Waals surface area (Å²) in [4.78, 5) is 12.1. The minimum absolute atomic E-state index is 0.0198. The molecule has 1 aromatic rings. The van der Waals surface area contributed by atoms with Gasteiger partial charge in [0.05, 0.1) is 6.04 Å². The Labute approximate surface area is 121 Å². The average Bonchev–Trinajstić information content (AvgIpc) is 2.79. The lowest BCUT2D eigenvalue weighted by molar-refractivity contribution is -0.123. The minimum Gasteiger partial charge on any atom is -0.355 e. The summed E-state index contributed by atoms with van der Waals surface area (Å²) in [7, 11) is 0. The van der Waals surface area contributed by atoms with E-state index in [1.807, 2.05) is 0 Å². The molecular formula is C17H24N2O. The highest BCUT2D eigenvalue weighted by molar-refractivity contribution is 5.82. The van der Waals surface area contributed by atoms with Gasteiger partial charge in [0, 0.05) is 12.6 Å². The Morgan fingerprint density at radius 3 is 2.75 bits per heavy atom. The summed E-state index contributed by atoms with van der Waals surface area (Å²) in [5.74, 6) is 0.184. The Balaban J connectivity index is 1.77. The molecular weight excluding hydrogens is 248 g/mol. The number of amides is 1. The molecule has 0 aromatic heterocycles. The highest BCUT2D eigenvalue weighted by Crippen LogP contribution is 2.29. The number of fused-ring (bicyclic) bond motifs is 1. The van der Waals surface area contributed by atoms with E-state index in [1.54, 1.807) is 0 Å². The van der Waals surface area contributed by atoms with Crippen molar-refractivity contribution in [2.24, 2.45) is 0 Å². The number of hydrogen-bond donors (Lipinski definition) is 2. The summed E-state index contributed by atoms with van der Waals surface area (Å²) >= 11 is 0. The van der Waals surface area contributed by atoms with E-state index in [4.69, 9.17) is 0 Å². The van der Waals surface area contributed by atoms with Crippen LogP contribution >= 0.6 is 0 Å². The van der Waals surface area contributed by atoms with Gasteiger partial charge in [-0.15, -0.1) is 0 Å². The summed E-state index contributed by atoms with van der Waals surface area (Å²) in [5.41, 5.74) is 2.86. The Morgan fingerprint density at radius 2 is 1.80 bits per heavy atom. The van der Waals surface area contributed by atoms with E-state index in [9.17, 15) is 4.79 Å². The van der Waals surface area contributed by atoms with Crippen LogP contribution in [0.5, 0.6) is 0 Å². The lowest BCUT2D eigenvalue weighted by Crippen LogP contribution is -2.44. The van der Waals surface area contributed by atoms with Gasteiger partial charge in [0.15, 0.2) is 0 Å². The predicted octanol–water partition coefficient (Wildman–Crippen LogP) is 2.71. The number of nitrogens with one attached hydrogen (secondary N) is 2. The molecule has 2 N–H and O–H groups in total. The van der Waals surface area contributed by atoms with E-state index in [1.165, 1.54) is 30.4 Å². The second-order valence-electron chi connectivity index (χ2n) is 6.00. The molecule has 2 unspecified atom stereocenters. The summed E-state index contributed by atoms with van der Waals surface area (Å²) < 4.78 is 0. The van der Waals surface area contributed by atoms with E-state index < -0.39 is 0 Å². The molecule has 0 bridgehead atoms. The number of carbonyl (C=O) groups is 1. The first-order chi connectivity index (χ1) is 9.84. The van der Waals surface area contributed by atoms with Gasteiger partial charge >= 0.3 is 0 Å². The molecule has 2 atom stereocenters. The summed E-state index contributed by atoms with van der Waals surface area (Å²) in [6.07, 6.45) is 8.00. The first-order valence-corrected chi connectivity index (χ1v) is 7.96. The van der Waals surface area contributed by atoms with Gasteiger partial charge in [0.2, 0.25) is 5.91 Å². The third kappa shape index (κ3) is 3.04. The monoisotopic (exact) mass is 272 g/mol. The molecule has 1 aliphatic heterocycles. The molecule has 1 heterocycles. The van der Waals surface area contributed by atoms with Crippen LogP contribution in [-0.2, 0) is 11.2 Å². The maximum atomic E-state index is 12.1. The van der Waals surface area contributed by atoms with Crippen LogP contribution in [0.1, 0.15) is 55.7 Å². The first-order valence-electron chi connectivity index (χ1n) is 7.96. The second-order valence-corrected chi connectivity index (χ2v) is 6.00. The SMILES string of the molecule is O=C1NCCCCC1NC1CCCCc2ccccc21. The van der Waals surface area contributed by atoms with Gasteiger partial charge in [0.1, 0.15) is 0 Å². The normalized spacial score (nSPS) is 27.1. The van der Waals surface area contributed by atoms with Gasteiger partial charge in [-0.05, 0) is 49.7 Å². The largest absolute Gasteiger partial charge is 0.355 e. The maximum absolute atomic E-state index is 12.1. The van der Waals surface area contributed by atoms with E-state index in [0.717, 1.165) is 32.2 Å². The van der Waals surface area contributed by atoms with Gasteiger partial charge in [0.25, 0.3) is 0 Å². The topological polar surface area (TPSA) is 41.1 Å². The Bertz CT molecular complexity index is 472. The summed E-state index contributed by atoms with van der Waals surface area (Å²) in [6.45, 7) is 0.832. The Morgan fingerprint density at radius 1 is 1.00 bits per heavy atom. The molecule has 1 fully saturated rings. The molecule has 3 rings (SSSR count). The molecule has 1 aromatic carbocycles. The predicted molar refractivity (Wildman–Crippen MR) is 80.5 cm³/mol. The van der Waals surface area contributed by atoms with Crippen LogP contribution in [0.2, 0.25) is 0 Å². The molecule has 0 spiro atoms. The molecule has 20 heavy (non-hydrogen) atoms. The average molecular weight is 272 g/mol. The third-order valence-corrected chi connectivity index (χ3v) is 4.56. The van der Waals surface area contributed by atoms with E-state index in [0.29, 0.717) is 6.04 Å². The first kappa shape index (κ1) is 13.6. The lowest BCUT2D eigenvalue weighted by Gasteiger charge is -2.24. The maximum Gasteiger partial charge on any atom is 0.237 e. The van der Waals surface area contributed by atoms with Crippen LogP contribution in [0.4, 0.5) is 0 Å². The molecule has 1 saturated heterocycles. The Hall–Kier alpha value is -1.35. The molecule has 3 heteroatoms. The molecule has 0 saturated carbocycles. The van der Waals surface area contributed by atoms with Crippen molar-refractivity contribution in [3.05, 3.63) is 35.4 Å².